The molecule has 2 aliphatic rings. The molecule has 0 amide bonds. The van der Waals surface area contributed by atoms with Crippen molar-refractivity contribution < 1.29 is 0 Å². The first kappa shape index (κ1) is 7.51. The molecule has 2 atom stereocenters. The van der Waals surface area contributed by atoms with Crippen molar-refractivity contribution in [3.05, 3.63) is 29.6 Å². The van der Waals surface area contributed by atoms with Crippen LogP contribution in [0.3, 0.4) is 0 Å². The molecule has 1 aromatic rings. The Kier molecular flexibility index (Phi) is 1.47. The monoisotopic (exact) mass is 174 g/mol. The lowest BCUT2D eigenvalue weighted by Gasteiger charge is -2.32. The molecule has 0 radical (unpaired) electrons. The van der Waals surface area contributed by atoms with Gasteiger partial charge >= 0.3 is 0 Å². The second kappa shape index (κ2) is 2.55. The molecule has 0 N–H and O–H groups in total. The second-order valence-electron chi connectivity index (χ2n) is 4.19. The summed E-state index contributed by atoms with van der Waals surface area (Å²) in [5.74, 6) is 0. The number of hydrogen-bond acceptors (Lipinski definition) is 2. The second-order valence-corrected chi connectivity index (χ2v) is 4.19. The van der Waals surface area contributed by atoms with Crippen LogP contribution < -0.4 is 0 Å². The summed E-state index contributed by atoms with van der Waals surface area (Å²) in [6.07, 6.45) is 7.88. The van der Waals surface area contributed by atoms with E-state index in [0.717, 1.165) is 6.04 Å². The third kappa shape index (κ3) is 0.953. The maximum atomic E-state index is 4.22. The van der Waals surface area contributed by atoms with E-state index in [1.807, 2.05) is 6.20 Å². The molecule has 68 valence electrons. The highest BCUT2D eigenvalue weighted by Gasteiger charge is 2.37. The first-order chi connectivity index (χ1) is 6.36. The minimum absolute atomic E-state index is 0.655. The van der Waals surface area contributed by atoms with Crippen LogP contribution in [0.25, 0.3) is 0 Å². The van der Waals surface area contributed by atoms with E-state index in [9.17, 15) is 0 Å². The van der Waals surface area contributed by atoms with Crippen LogP contribution >= 0.6 is 0 Å². The van der Waals surface area contributed by atoms with Gasteiger partial charge in [-0.1, -0.05) is 0 Å². The van der Waals surface area contributed by atoms with E-state index in [1.54, 1.807) is 0 Å². The third-order valence-corrected chi connectivity index (χ3v) is 3.60. The predicted molar refractivity (Wildman–Crippen MR) is 51.5 cm³/mol. The molecule has 0 unspecified atom stereocenters. The van der Waals surface area contributed by atoms with Crippen LogP contribution in [0.15, 0.2) is 18.5 Å². The van der Waals surface area contributed by atoms with Gasteiger partial charge in [0.05, 0.1) is 0 Å². The van der Waals surface area contributed by atoms with E-state index in [2.05, 4.69) is 29.2 Å². The molecule has 1 fully saturated rings. The predicted octanol–water partition coefficient (Wildman–Crippen LogP) is 1.77. The van der Waals surface area contributed by atoms with E-state index < -0.39 is 0 Å². The summed E-state index contributed by atoms with van der Waals surface area (Å²) >= 11 is 0. The van der Waals surface area contributed by atoms with Gasteiger partial charge in [0.2, 0.25) is 0 Å². The molecule has 2 nitrogen and oxygen atoms in total. The molecule has 1 saturated heterocycles. The van der Waals surface area contributed by atoms with Crippen LogP contribution in [-0.4, -0.2) is 23.0 Å². The Morgan fingerprint density at radius 1 is 1.46 bits per heavy atom. The standard InChI is InChI=1S/C11H14N2/c1-13-9-2-3-11(13)10-7-12-5-4-8(10)6-9/h4-5,7,9,11H,2-3,6H2,1H3/t9-,11+/m0/s1. The summed E-state index contributed by atoms with van der Waals surface area (Å²) < 4.78 is 0. The molecule has 0 spiro atoms. The first-order valence-corrected chi connectivity index (χ1v) is 5.01. The first-order valence-electron chi connectivity index (χ1n) is 5.01. The number of fused-ring (bicyclic) bond motifs is 4. The van der Waals surface area contributed by atoms with Gasteiger partial charge < -0.3 is 0 Å². The van der Waals surface area contributed by atoms with Crippen molar-refractivity contribution in [3.63, 3.8) is 0 Å². The van der Waals surface area contributed by atoms with Crippen LogP contribution in [-0.2, 0) is 6.42 Å². The topological polar surface area (TPSA) is 16.1 Å². The minimum atomic E-state index is 0.655. The van der Waals surface area contributed by atoms with E-state index >= 15 is 0 Å². The number of likely N-dealkylation sites (N-methyl/N-ethyl adjacent to an activating group) is 1. The highest BCUT2D eigenvalue weighted by Crippen LogP contribution is 2.41. The molecule has 1 aromatic heterocycles. The molecule has 2 aliphatic heterocycles. The number of aromatic nitrogens is 1. The lowest BCUT2D eigenvalue weighted by atomic mass is 9.96. The van der Waals surface area contributed by atoms with E-state index in [4.69, 9.17) is 0 Å². The third-order valence-electron chi connectivity index (χ3n) is 3.60. The molecular weight excluding hydrogens is 160 g/mol. The fourth-order valence-electron chi connectivity index (χ4n) is 2.81. The van der Waals surface area contributed by atoms with Crippen molar-refractivity contribution in [2.75, 3.05) is 7.05 Å². The lowest BCUT2D eigenvalue weighted by molar-refractivity contribution is 0.224. The van der Waals surface area contributed by atoms with Gasteiger partial charge in [-0.05, 0) is 43.5 Å². The van der Waals surface area contributed by atoms with Gasteiger partial charge in [0.15, 0.2) is 0 Å². The maximum absolute atomic E-state index is 4.22. The Morgan fingerprint density at radius 3 is 3.31 bits per heavy atom. The average molecular weight is 174 g/mol. The number of hydrogen-bond donors (Lipinski definition) is 0. The van der Waals surface area contributed by atoms with E-state index in [-0.39, 0.29) is 0 Å². The van der Waals surface area contributed by atoms with Gasteiger partial charge in [0, 0.05) is 24.5 Å². The van der Waals surface area contributed by atoms with Crippen molar-refractivity contribution >= 4 is 0 Å². The van der Waals surface area contributed by atoms with Crippen molar-refractivity contribution in [1.82, 2.24) is 9.88 Å². The zero-order valence-electron chi connectivity index (χ0n) is 7.90. The van der Waals surface area contributed by atoms with Gasteiger partial charge in [0.1, 0.15) is 0 Å². The molecule has 0 aliphatic carbocycles. The Hall–Kier alpha value is -0.890. The fraction of sp³-hybridized carbons (Fsp3) is 0.545. The van der Waals surface area contributed by atoms with Gasteiger partial charge in [0.25, 0.3) is 0 Å². The number of pyridine rings is 1. The van der Waals surface area contributed by atoms with Crippen LogP contribution in [0.1, 0.15) is 30.0 Å². The molecule has 0 saturated carbocycles. The SMILES string of the molecule is CN1[C@H]2CC[C@@H]1c1cnccc1C2. The van der Waals surface area contributed by atoms with Crippen molar-refractivity contribution in [2.45, 2.75) is 31.3 Å². The normalized spacial score (nSPS) is 31.8. The van der Waals surface area contributed by atoms with Gasteiger partial charge in [-0.3, -0.25) is 9.88 Å². The highest BCUT2D eigenvalue weighted by atomic mass is 15.2. The van der Waals surface area contributed by atoms with E-state index in [1.165, 1.54) is 30.4 Å². The lowest BCUT2D eigenvalue weighted by Crippen LogP contribution is -2.34. The Labute approximate surface area is 78.6 Å². The summed E-state index contributed by atoms with van der Waals surface area (Å²) in [5.41, 5.74) is 3.00. The molecule has 13 heavy (non-hydrogen) atoms. The Morgan fingerprint density at radius 2 is 2.38 bits per heavy atom. The van der Waals surface area contributed by atoms with E-state index in [0.29, 0.717) is 6.04 Å². The van der Waals surface area contributed by atoms with Crippen molar-refractivity contribution in [1.29, 1.82) is 0 Å². The van der Waals surface area contributed by atoms with Crippen LogP contribution in [0.4, 0.5) is 0 Å². The van der Waals surface area contributed by atoms with Gasteiger partial charge in [-0.2, -0.15) is 0 Å². The molecule has 2 heteroatoms. The van der Waals surface area contributed by atoms with Gasteiger partial charge in [-0.15, -0.1) is 0 Å². The Bertz CT molecular complexity index is 335. The molecule has 3 heterocycles. The fourth-order valence-corrected chi connectivity index (χ4v) is 2.81. The average Bonchev–Trinajstić information content (AvgIpc) is 2.43. The smallest absolute Gasteiger partial charge is 0.0366 e. The summed E-state index contributed by atoms with van der Waals surface area (Å²) in [5, 5.41) is 0. The van der Waals surface area contributed by atoms with Gasteiger partial charge in [-0.25, -0.2) is 0 Å². The minimum Gasteiger partial charge on any atom is -0.296 e. The highest BCUT2D eigenvalue weighted by molar-refractivity contribution is 5.32. The zero-order valence-corrected chi connectivity index (χ0v) is 7.90. The zero-order chi connectivity index (χ0) is 8.84. The number of rotatable bonds is 0. The van der Waals surface area contributed by atoms with Crippen LogP contribution in [0, 0.1) is 0 Å². The largest absolute Gasteiger partial charge is 0.296 e. The number of nitrogens with zero attached hydrogens (tertiary/aromatic N) is 2. The molecule has 3 rings (SSSR count). The molecule has 0 aromatic carbocycles. The summed E-state index contributed by atoms with van der Waals surface area (Å²) in [4.78, 5) is 6.74. The summed E-state index contributed by atoms with van der Waals surface area (Å²) in [6.45, 7) is 0. The Balaban J connectivity index is 2.12. The summed E-state index contributed by atoms with van der Waals surface area (Å²) in [6, 6.07) is 3.63. The quantitative estimate of drug-likeness (QED) is 0.596. The summed E-state index contributed by atoms with van der Waals surface area (Å²) in [7, 11) is 2.25. The van der Waals surface area contributed by atoms with Crippen molar-refractivity contribution in [3.8, 4) is 0 Å². The maximum Gasteiger partial charge on any atom is 0.0366 e. The molecule has 2 bridgehead atoms. The van der Waals surface area contributed by atoms with Crippen LogP contribution in [0.2, 0.25) is 0 Å². The van der Waals surface area contributed by atoms with Crippen molar-refractivity contribution in [2.24, 2.45) is 0 Å². The molecular formula is C11H14N2. The van der Waals surface area contributed by atoms with Crippen LogP contribution in [0.5, 0.6) is 0 Å².